The monoisotopic (exact) mass is 352 g/mol. The molecular formula is C16H14Cl2N2OS. The molecule has 2 aromatic rings. The summed E-state index contributed by atoms with van der Waals surface area (Å²) in [5, 5.41) is 4.72. The van der Waals surface area contributed by atoms with Gasteiger partial charge >= 0.3 is 0 Å². The summed E-state index contributed by atoms with van der Waals surface area (Å²) in [7, 11) is 0. The Morgan fingerprint density at radius 3 is 2.64 bits per heavy atom. The standard InChI is InChI=1S/C16H14Cl2N2OS/c1-11(22-14-5-3-2-4-6-14)16(21)20-19-10-12-7-8-13(17)9-15(12)18/h2-11H,1H3,(H,20,21)/b19-10-/t11-/m1/s1. The summed E-state index contributed by atoms with van der Waals surface area (Å²) in [6.45, 7) is 1.83. The number of nitrogens with one attached hydrogen (secondary N) is 1. The van der Waals surface area contributed by atoms with Crippen LogP contribution < -0.4 is 5.43 Å². The van der Waals surface area contributed by atoms with Gasteiger partial charge in [0.25, 0.3) is 5.91 Å². The van der Waals surface area contributed by atoms with E-state index in [9.17, 15) is 4.79 Å². The molecule has 2 rings (SSSR count). The van der Waals surface area contributed by atoms with E-state index in [1.54, 1.807) is 18.2 Å². The lowest BCUT2D eigenvalue weighted by atomic mass is 10.2. The third-order valence-corrected chi connectivity index (χ3v) is 4.44. The molecule has 1 amide bonds. The van der Waals surface area contributed by atoms with Gasteiger partial charge in [-0.1, -0.05) is 47.5 Å². The van der Waals surface area contributed by atoms with Crippen LogP contribution in [0, 0.1) is 0 Å². The van der Waals surface area contributed by atoms with Crippen LogP contribution in [-0.4, -0.2) is 17.4 Å². The Morgan fingerprint density at radius 1 is 1.23 bits per heavy atom. The van der Waals surface area contributed by atoms with E-state index in [0.717, 1.165) is 4.90 Å². The zero-order valence-electron chi connectivity index (χ0n) is 11.8. The maximum atomic E-state index is 12.0. The van der Waals surface area contributed by atoms with Crippen LogP contribution in [0.25, 0.3) is 0 Å². The number of carbonyl (C=O) groups is 1. The van der Waals surface area contributed by atoms with Crippen molar-refractivity contribution in [2.45, 2.75) is 17.1 Å². The molecule has 0 spiro atoms. The molecule has 6 heteroatoms. The van der Waals surface area contributed by atoms with E-state index in [-0.39, 0.29) is 11.2 Å². The van der Waals surface area contributed by atoms with Gasteiger partial charge in [0.05, 0.1) is 16.5 Å². The van der Waals surface area contributed by atoms with Crippen LogP contribution in [0.3, 0.4) is 0 Å². The molecule has 3 nitrogen and oxygen atoms in total. The number of rotatable bonds is 5. The van der Waals surface area contributed by atoms with Crippen molar-refractivity contribution in [3.05, 3.63) is 64.1 Å². The number of hydrazone groups is 1. The topological polar surface area (TPSA) is 41.5 Å². The van der Waals surface area contributed by atoms with Gasteiger partial charge in [-0.3, -0.25) is 4.79 Å². The normalized spacial score (nSPS) is 12.3. The predicted molar refractivity (Wildman–Crippen MR) is 94.0 cm³/mol. The molecule has 0 aliphatic rings. The molecule has 0 saturated heterocycles. The summed E-state index contributed by atoms with van der Waals surface area (Å²) >= 11 is 13.3. The molecule has 0 radical (unpaired) electrons. The summed E-state index contributed by atoms with van der Waals surface area (Å²) in [6, 6.07) is 14.8. The molecule has 114 valence electrons. The Labute approximate surface area is 143 Å². The van der Waals surface area contributed by atoms with Gasteiger partial charge < -0.3 is 0 Å². The number of amides is 1. The highest BCUT2D eigenvalue weighted by atomic mass is 35.5. The SMILES string of the molecule is C[C@@H](Sc1ccccc1)C(=O)N/N=C\c1ccc(Cl)cc1Cl. The molecule has 0 heterocycles. The Balaban J connectivity index is 1.90. The van der Waals surface area contributed by atoms with Gasteiger partial charge in [0, 0.05) is 15.5 Å². The number of nitrogens with zero attached hydrogens (tertiary/aromatic N) is 1. The second-order valence-corrected chi connectivity index (χ2v) is 6.73. The number of thioether (sulfide) groups is 1. The van der Waals surface area contributed by atoms with Crippen molar-refractivity contribution >= 4 is 47.1 Å². The first-order valence-corrected chi connectivity index (χ1v) is 8.19. The third-order valence-electron chi connectivity index (χ3n) is 2.77. The van der Waals surface area contributed by atoms with Crippen LogP contribution in [0.2, 0.25) is 10.0 Å². The first-order chi connectivity index (χ1) is 10.6. The van der Waals surface area contributed by atoms with Gasteiger partial charge in [-0.25, -0.2) is 5.43 Å². The second-order valence-electron chi connectivity index (χ2n) is 4.47. The van der Waals surface area contributed by atoms with Crippen LogP contribution in [0.4, 0.5) is 0 Å². The van der Waals surface area contributed by atoms with Crippen LogP contribution >= 0.6 is 35.0 Å². The van der Waals surface area contributed by atoms with Crippen molar-refractivity contribution < 1.29 is 4.79 Å². The van der Waals surface area contributed by atoms with E-state index < -0.39 is 0 Å². The molecule has 1 atom stereocenters. The molecule has 0 unspecified atom stereocenters. The Bertz CT molecular complexity index is 677. The zero-order chi connectivity index (χ0) is 15.9. The molecule has 0 bridgehead atoms. The lowest BCUT2D eigenvalue weighted by molar-refractivity contribution is -0.120. The molecule has 0 aliphatic heterocycles. The van der Waals surface area contributed by atoms with Crippen molar-refractivity contribution in [3.63, 3.8) is 0 Å². The Hall–Kier alpha value is -1.49. The molecular weight excluding hydrogens is 339 g/mol. The molecule has 1 N–H and O–H groups in total. The van der Waals surface area contributed by atoms with Crippen molar-refractivity contribution in [1.29, 1.82) is 0 Å². The number of hydrogen-bond acceptors (Lipinski definition) is 3. The smallest absolute Gasteiger partial charge is 0.253 e. The van der Waals surface area contributed by atoms with E-state index >= 15 is 0 Å². The largest absolute Gasteiger partial charge is 0.272 e. The van der Waals surface area contributed by atoms with Crippen LogP contribution in [0.1, 0.15) is 12.5 Å². The van der Waals surface area contributed by atoms with Gasteiger partial charge in [0.2, 0.25) is 0 Å². The minimum atomic E-state index is -0.250. The molecule has 2 aromatic carbocycles. The first-order valence-electron chi connectivity index (χ1n) is 6.56. The number of benzene rings is 2. The number of hydrogen-bond donors (Lipinski definition) is 1. The van der Waals surface area contributed by atoms with Crippen molar-refractivity contribution in [1.82, 2.24) is 5.43 Å². The molecule has 0 aliphatic carbocycles. The number of carbonyl (C=O) groups excluding carboxylic acids is 1. The first kappa shape index (κ1) is 16.9. The van der Waals surface area contributed by atoms with E-state index in [4.69, 9.17) is 23.2 Å². The summed E-state index contributed by atoms with van der Waals surface area (Å²) in [6.07, 6.45) is 1.50. The minimum absolute atomic E-state index is 0.171. The van der Waals surface area contributed by atoms with Gasteiger partial charge in [0.1, 0.15) is 0 Å². The lowest BCUT2D eigenvalue weighted by Gasteiger charge is -2.09. The second kappa shape index (κ2) is 8.22. The zero-order valence-corrected chi connectivity index (χ0v) is 14.1. The number of halogens is 2. The van der Waals surface area contributed by atoms with E-state index in [1.165, 1.54) is 18.0 Å². The molecule has 0 saturated carbocycles. The lowest BCUT2D eigenvalue weighted by Crippen LogP contribution is -2.26. The Kier molecular flexibility index (Phi) is 6.31. The summed E-state index contributed by atoms with van der Waals surface area (Å²) in [4.78, 5) is 13.0. The minimum Gasteiger partial charge on any atom is -0.272 e. The predicted octanol–water partition coefficient (Wildman–Crippen LogP) is 4.62. The Morgan fingerprint density at radius 2 is 1.95 bits per heavy atom. The highest BCUT2D eigenvalue weighted by Crippen LogP contribution is 2.22. The molecule has 0 aromatic heterocycles. The van der Waals surface area contributed by atoms with Gasteiger partial charge in [-0.2, -0.15) is 5.10 Å². The third kappa shape index (κ3) is 5.05. The summed E-state index contributed by atoms with van der Waals surface area (Å²) in [5.74, 6) is -0.171. The van der Waals surface area contributed by atoms with E-state index in [2.05, 4.69) is 10.5 Å². The molecule has 22 heavy (non-hydrogen) atoms. The maximum absolute atomic E-state index is 12.0. The summed E-state index contributed by atoms with van der Waals surface area (Å²) < 4.78 is 0. The highest BCUT2D eigenvalue weighted by molar-refractivity contribution is 8.00. The van der Waals surface area contributed by atoms with Gasteiger partial charge in [-0.15, -0.1) is 11.8 Å². The summed E-state index contributed by atoms with van der Waals surface area (Å²) in [5.41, 5.74) is 3.20. The van der Waals surface area contributed by atoms with Gasteiger partial charge in [-0.05, 0) is 31.2 Å². The van der Waals surface area contributed by atoms with Crippen molar-refractivity contribution in [2.75, 3.05) is 0 Å². The fourth-order valence-corrected chi connectivity index (χ4v) is 2.96. The van der Waals surface area contributed by atoms with Crippen molar-refractivity contribution in [2.24, 2.45) is 5.10 Å². The highest BCUT2D eigenvalue weighted by Gasteiger charge is 2.13. The van der Waals surface area contributed by atoms with E-state index in [0.29, 0.717) is 15.6 Å². The average molecular weight is 353 g/mol. The maximum Gasteiger partial charge on any atom is 0.253 e. The van der Waals surface area contributed by atoms with Gasteiger partial charge in [0.15, 0.2) is 0 Å². The molecule has 0 fully saturated rings. The van der Waals surface area contributed by atoms with Crippen LogP contribution in [0.5, 0.6) is 0 Å². The van der Waals surface area contributed by atoms with Crippen LogP contribution in [-0.2, 0) is 4.79 Å². The fourth-order valence-electron chi connectivity index (χ4n) is 1.62. The van der Waals surface area contributed by atoms with E-state index in [1.807, 2.05) is 37.3 Å². The van der Waals surface area contributed by atoms with Crippen LogP contribution in [0.15, 0.2) is 58.5 Å². The quantitative estimate of drug-likeness (QED) is 0.484. The fraction of sp³-hybridized carbons (Fsp3) is 0.125. The average Bonchev–Trinajstić information content (AvgIpc) is 2.50. The van der Waals surface area contributed by atoms with Crippen molar-refractivity contribution in [3.8, 4) is 0 Å².